The monoisotopic (exact) mass is 387 g/mol. The summed E-state index contributed by atoms with van der Waals surface area (Å²) >= 11 is 15.6. The maximum absolute atomic E-state index is 6.45. The molecule has 0 aliphatic heterocycles. The minimum Gasteiger partial charge on any atom is -0.496 e. The highest BCUT2D eigenvalue weighted by atomic mass is 79.9. The highest BCUT2D eigenvalue weighted by Gasteiger charge is 2.21. The van der Waals surface area contributed by atoms with Crippen molar-refractivity contribution in [2.75, 3.05) is 7.11 Å². The van der Waals surface area contributed by atoms with Crippen molar-refractivity contribution in [3.63, 3.8) is 0 Å². The summed E-state index contributed by atoms with van der Waals surface area (Å²) in [4.78, 5) is 0. The zero-order valence-corrected chi connectivity index (χ0v) is 15.1. The quantitative estimate of drug-likeness (QED) is 0.760. The molecule has 21 heavy (non-hydrogen) atoms. The molecule has 0 aliphatic carbocycles. The molecule has 0 fully saturated rings. The summed E-state index contributed by atoms with van der Waals surface area (Å²) in [6.45, 7) is 4.01. The molecule has 0 radical (unpaired) electrons. The van der Waals surface area contributed by atoms with E-state index in [-0.39, 0.29) is 6.04 Å². The third-order valence-corrected chi connectivity index (χ3v) is 5.09. The smallest absolute Gasteiger partial charge is 0.127 e. The molecule has 5 heteroatoms. The van der Waals surface area contributed by atoms with Gasteiger partial charge in [0.1, 0.15) is 5.75 Å². The summed E-state index contributed by atoms with van der Waals surface area (Å²) in [6.07, 6.45) is 0. The number of ether oxygens (including phenoxy) is 1. The molecule has 2 N–H and O–H groups in total. The number of nitrogens with two attached hydrogens (primary N) is 1. The number of rotatable bonds is 3. The van der Waals surface area contributed by atoms with Crippen LogP contribution >= 0.6 is 39.1 Å². The van der Waals surface area contributed by atoms with Crippen LogP contribution in [0.15, 0.2) is 28.7 Å². The Labute approximate surface area is 143 Å². The highest BCUT2D eigenvalue weighted by Crippen LogP contribution is 2.38. The topological polar surface area (TPSA) is 35.2 Å². The first-order valence-electron chi connectivity index (χ1n) is 6.41. The van der Waals surface area contributed by atoms with E-state index in [4.69, 9.17) is 33.7 Å². The fourth-order valence-electron chi connectivity index (χ4n) is 2.39. The van der Waals surface area contributed by atoms with Crippen molar-refractivity contribution in [3.05, 3.63) is 61.0 Å². The summed E-state index contributed by atoms with van der Waals surface area (Å²) in [5.74, 6) is 0.800. The van der Waals surface area contributed by atoms with Gasteiger partial charge in [-0.25, -0.2) is 0 Å². The van der Waals surface area contributed by atoms with E-state index in [0.717, 1.165) is 32.5 Å². The van der Waals surface area contributed by atoms with Crippen LogP contribution in [-0.2, 0) is 0 Å². The van der Waals surface area contributed by atoms with Gasteiger partial charge in [-0.15, -0.1) is 0 Å². The van der Waals surface area contributed by atoms with Crippen molar-refractivity contribution in [1.29, 1.82) is 0 Å². The first-order chi connectivity index (χ1) is 9.86. The predicted octanol–water partition coefficient (Wildman–Crippen LogP) is 5.43. The number of benzene rings is 2. The van der Waals surface area contributed by atoms with Crippen molar-refractivity contribution in [3.8, 4) is 5.75 Å². The Balaban J connectivity index is 2.62. The standard InChI is InChI=1S/C16H16BrCl2NO/c1-8-6-11(17)9(2)14(16(8)21-3)15(20)10-4-5-12(18)13(19)7-10/h4-7,15H,20H2,1-3H3. The van der Waals surface area contributed by atoms with Gasteiger partial charge in [-0.05, 0) is 48.7 Å². The lowest BCUT2D eigenvalue weighted by Gasteiger charge is -2.22. The summed E-state index contributed by atoms with van der Waals surface area (Å²) < 4.78 is 6.55. The van der Waals surface area contributed by atoms with Gasteiger partial charge >= 0.3 is 0 Å². The second-order valence-electron chi connectivity index (χ2n) is 4.90. The second kappa shape index (κ2) is 6.57. The van der Waals surface area contributed by atoms with E-state index in [0.29, 0.717) is 10.0 Å². The Hall–Kier alpha value is -0.740. The van der Waals surface area contributed by atoms with Gasteiger partial charge in [0, 0.05) is 10.0 Å². The van der Waals surface area contributed by atoms with Crippen LogP contribution in [0.3, 0.4) is 0 Å². The van der Waals surface area contributed by atoms with Crippen molar-refractivity contribution in [2.24, 2.45) is 5.73 Å². The molecule has 2 rings (SSSR count). The Morgan fingerprint density at radius 3 is 2.38 bits per heavy atom. The van der Waals surface area contributed by atoms with Crippen molar-refractivity contribution in [2.45, 2.75) is 19.9 Å². The average molecular weight is 389 g/mol. The molecule has 2 aromatic rings. The maximum Gasteiger partial charge on any atom is 0.127 e. The molecular formula is C16H16BrCl2NO. The van der Waals surface area contributed by atoms with Crippen LogP contribution in [0.5, 0.6) is 5.75 Å². The van der Waals surface area contributed by atoms with Crippen molar-refractivity contribution >= 4 is 39.1 Å². The van der Waals surface area contributed by atoms with Gasteiger partial charge in [0.05, 0.1) is 23.2 Å². The molecule has 1 unspecified atom stereocenters. The SMILES string of the molecule is COc1c(C)cc(Br)c(C)c1C(N)c1ccc(Cl)c(Cl)c1. The van der Waals surface area contributed by atoms with E-state index >= 15 is 0 Å². The zero-order valence-electron chi connectivity index (χ0n) is 12.0. The minimum absolute atomic E-state index is 0.342. The van der Waals surface area contributed by atoms with E-state index in [9.17, 15) is 0 Å². The third-order valence-electron chi connectivity index (χ3n) is 3.53. The fourth-order valence-corrected chi connectivity index (χ4v) is 3.26. The highest BCUT2D eigenvalue weighted by molar-refractivity contribution is 9.10. The lowest BCUT2D eigenvalue weighted by molar-refractivity contribution is 0.404. The number of halogens is 3. The normalized spacial score (nSPS) is 12.3. The molecule has 2 aromatic carbocycles. The Bertz CT molecular complexity index is 688. The van der Waals surface area contributed by atoms with E-state index in [2.05, 4.69) is 15.9 Å². The van der Waals surface area contributed by atoms with Gasteiger partial charge in [-0.3, -0.25) is 0 Å². The Morgan fingerprint density at radius 1 is 1.14 bits per heavy atom. The van der Waals surface area contributed by atoms with Crippen LogP contribution in [0.25, 0.3) is 0 Å². The van der Waals surface area contributed by atoms with Gasteiger partial charge in [0.2, 0.25) is 0 Å². The summed E-state index contributed by atoms with van der Waals surface area (Å²) in [5, 5.41) is 1.01. The predicted molar refractivity (Wildman–Crippen MR) is 92.7 cm³/mol. The molecule has 0 bridgehead atoms. The number of aryl methyl sites for hydroxylation is 1. The van der Waals surface area contributed by atoms with Crippen LogP contribution in [0.1, 0.15) is 28.3 Å². The molecular weight excluding hydrogens is 373 g/mol. The molecule has 0 saturated heterocycles. The third kappa shape index (κ3) is 3.21. The summed E-state index contributed by atoms with van der Waals surface area (Å²) in [6, 6.07) is 7.12. The minimum atomic E-state index is -0.342. The zero-order chi connectivity index (χ0) is 15.7. The van der Waals surface area contributed by atoms with E-state index < -0.39 is 0 Å². The maximum atomic E-state index is 6.45. The number of hydrogen-bond donors (Lipinski definition) is 1. The van der Waals surface area contributed by atoms with Gasteiger partial charge < -0.3 is 10.5 Å². The molecule has 112 valence electrons. The number of hydrogen-bond acceptors (Lipinski definition) is 2. The van der Waals surface area contributed by atoms with Crippen molar-refractivity contribution in [1.82, 2.24) is 0 Å². The van der Waals surface area contributed by atoms with Gasteiger partial charge in [-0.1, -0.05) is 45.2 Å². The van der Waals surface area contributed by atoms with E-state index in [1.807, 2.05) is 26.0 Å². The van der Waals surface area contributed by atoms with Crippen molar-refractivity contribution < 1.29 is 4.74 Å². The second-order valence-corrected chi connectivity index (χ2v) is 6.57. The molecule has 0 aliphatic rings. The largest absolute Gasteiger partial charge is 0.496 e. The average Bonchev–Trinajstić information content (AvgIpc) is 2.44. The van der Waals surface area contributed by atoms with Gasteiger partial charge in [0.25, 0.3) is 0 Å². The summed E-state index contributed by atoms with van der Waals surface area (Å²) in [5.41, 5.74) is 10.4. The van der Waals surface area contributed by atoms with Crippen LogP contribution < -0.4 is 10.5 Å². The Kier molecular flexibility index (Phi) is 5.20. The van der Waals surface area contributed by atoms with Crippen LogP contribution in [0, 0.1) is 13.8 Å². The summed E-state index contributed by atoms with van der Waals surface area (Å²) in [7, 11) is 1.65. The van der Waals surface area contributed by atoms with Crippen LogP contribution in [-0.4, -0.2) is 7.11 Å². The molecule has 0 amide bonds. The van der Waals surface area contributed by atoms with Gasteiger partial charge in [0.15, 0.2) is 0 Å². The lowest BCUT2D eigenvalue weighted by atomic mass is 9.93. The molecule has 2 nitrogen and oxygen atoms in total. The first kappa shape index (κ1) is 16.6. The lowest BCUT2D eigenvalue weighted by Crippen LogP contribution is -2.15. The van der Waals surface area contributed by atoms with Gasteiger partial charge in [-0.2, -0.15) is 0 Å². The molecule has 0 saturated carbocycles. The van der Waals surface area contributed by atoms with Crippen LogP contribution in [0.2, 0.25) is 10.0 Å². The van der Waals surface area contributed by atoms with Crippen LogP contribution in [0.4, 0.5) is 0 Å². The van der Waals surface area contributed by atoms with E-state index in [1.165, 1.54) is 0 Å². The van der Waals surface area contributed by atoms with E-state index in [1.54, 1.807) is 19.2 Å². The first-order valence-corrected chi connectivity index (χ1v) is 7.95. The molecule has 0 spiro atoms. The molecule has 0 heterocycles. The molecule has 0 aromatic heterocycles. The fraction of sp³-hybridized carbons (Fsp3) is 0.250. The number of methoxy groups -OCH3 is 1. The molecule has 1 atom stereocenters. The Morgan fingerprint density at radius 2 is 1.81 bits per heavy atom.